The highest BCUT2D eigenvalue weighted by atomic mass is 16.5. The largest absolute Gasteiger partial charge is 0.494 e. The number of piperidine rings is 1. The van der Waals surface area contributed by atoms with Gasteiger partial charge in [-0.05, 0) is 62.0 Å². The number of hydrogen-bond donors (Lipinski definition) is 1. The fourth-order valence-electron chi connectivity index (χ4n) is 5.20. The number of ether oxygens (including phenoxy) is 1. The number of hydrogen-bond acceptors (Lipinski definition) is 3. The highest BCUT2D eigenvalue weighted by Gasteiger charge is 2.40. The van der Waals surface area contributed by atoms with E-state index in [1.54, 1.807) is 0 Å². The molecule has 3 heteroatoms. The van der Waals surface area contributed by atoms with Crippen molar-refractivity contribution in [1.29, 1.82) is 0 Å². The maximum Gasteiger partial charge on any atom is 0.119 e. The van der Waals surface area contributed by atoms with Gasteiger partial charge < -0.3 is 14.7 Å². The third-order valence-electron chi connectivity index (χ3n) is 7.16. The van der Waals surface area contributed by atoms with Gasteiger partial charge in [0.2, 0.25) is 0 Å². The summed E-state index contributed by atoms with van der Waals surface area (Å²) >= 11 is 0. The summed E-state index contributed by atoms with van der Waals surface area (Å²) in [5, 5.41) is 12.5. The van der Waals surface area contributed by atoms with Crippen LogP contribution in [0.2, 0.25) is 0 Å². The molecule has 1 aliphatic heterocycles. The fraction of sp³-hybridized carbons (Fsp3) is 0.600. The lowest BCUT2D eigenvalue weighted by molar-refractivity contribution is -0.0168. The van der Waals surface area contributed by atoms with Crippen LogP contribution in [0, 0.1) is 0 Å². The summed E-state index contributed by atoms with van der Waals surface area (Å²) in [4.78, 5) is 2.57. The van der Waals surface area contributed by atoms with E-state index < -0.39 is 5.60 Å². The summed E-state index contributed by atoms with van der Waals surface area (Å²) in [5.74, 6) is 0.934. The molecule has 1 fully saturated rings. The minimum absolute atomic E-state index is 0.0467. The van der Waals surface area contributed by atoms with E-state index in [0.29, 0.717) is 0 Å². The Morgan fingerprint density at radius 2 is 1.55 bits per heavy atom. The molecule has 0 aliphatic carbocycles. The summed E-state index contributed by atoms with van der Waals surface area (Å²) in [7, 11) is 0. The molecule has 1 N–H and O–H groups in total. The summed E-state index contributed by atoms with van der Waals surface area (Å²) in [6.45, 7) is 8.28. The molecule has 0 spiro atoms. The minimum Gasteiger partial charge on any atom is -0.494 e. The molecule has 1 heterocycles. The van der Waals surface area contributed by atoms with E-state index in [9.17, 15) is 5.11 Å². The van der Waals surface area contributed by atoms with E-state index in [1.807, 2.05) is 12.1 Å². The van der Waals surface area contributed by atoms with Crippen molar-refractivity contribution in [1.82, 2.24) is 4.90 Å². The van der Waals surface area contributed by atoms with Crippen LogP contribution in [0.3, 0.4) is 0 Å². The molecule has 2 aromatic carbocycles. The van der Waals surface area contributed by atoms with Gasteiger partial charge in [-0.15, -0.1) is 0 Å². The molecule has 3 rings (SSSR count). The summed E-state index contributed by atoms with van der Waals surface area (Å²) < 4.78 is 5.83. The first-order valence-electron chi connectivity index (χ1n) is 13.4. The molecule has 2 atom stereocenters. The predicted octanol–water partition coefficient (Wildman–Crippen LogP) is 7.29. The second kappa shape index (κ2) is 13.8. The Kier molecular flexibility index (Phi) is 10.8. The minimum atomic E-state index is -0.895. The Bertz CT molecular complexity index is 770. The van der Waals surface area contributed by atoms with Crippen molar-refractivity contribution in [3.63, 3.8) is 0 Å². The molecule has 3 nitrogen and oxygen atoms in total. The Labute approximate surface area is 202 Å². The lowest BCUT2D eigenvalue weighted by Gasteiger charge is -2.41. The zero-order valence-corrected chi connectivity index (χ0v) is 21.0. The van der Waals surface area contributed by atoms with Gasteiger partial charge in [-0.25, -0.2) is 0 Å². The van der Waals surface area contributed by atoms with Crippen molar-refractivity contribution in [3.05, 3.63) is 65.7 Å². The summed E-state index contributed by atoms with van der Waals surface area (Å²) in [6, 6.07) is 19.0. The first-order valence-corrected chi connectivity index (χ1v) is 13.4. The third-order valence-corrected chi connectivity index (χ3v) is 7.16. The summed E-state index contributed by atoms with van der Waals surface area (Å²) in [6.07, 6.45) is 11.6. The normalized spacial score (nSPS) is 17.4. The molecule has 33 heavy (non-hydrogen) atoms. The molecular formula is C30H45NO2. The molecule has 182 valence electrons. The number of aliphatic hydroxyl groups is 1. The van der Waals surface area contributed by atoms with Crippen molar-refractivity contribution >= 4 is 0 Å². The van der Waals surface area contributed by atoms with Gasteiger partial charge in [0.25, 0.3) is 0 Å². The van der Waals surface area contributed by atoms with E-state index in [0.717, 1.165) is 56.8 Å². The standard InChI is InChI=1S/C30H45NO2/c1-3-5-6-7-12-21-30(32,27-17-19-28(20-18-27)33-24-4-2)29(26-15-10-8-11-16-26)25-31-22-13-9-14-23-31/h8,10-11,15-20,29,32H,3-7,9,12-14,21-25H2,1-2H3. The maximum atomic E-state index is 12.5. The van der Waals surface area contributed by atoms with Crippen molar-refractivity contribution in [2.24, 2.45) is 0 Å². The number of nitrogens with zero attached hydrogens (tertiary/aromatic N) is 1. The average molecular weight is 452 g/mol. The molecule has 0 bridgehead atoms. The van der Waals surface area contributed by atoms with Gasteiger partial charge in [0.05, 0.1) is 12.2 Å². The van der Waals surface area contributed by atoms with Crippen LogP contribution < -0.4 is 4.74 Å². The highest BCUT2D eigenvalue weighted by Crippen LogP contribution is 2.42. The lowest BCUT2D eigenvalue weighted by atomic mass is 9.73. The fourth-order valence-corrected chi connectivity index (χ4v) is 5.20. The molecule has 1 saturated heterocycles. The highest BCUT2D eigenvalue weighted by molar-refractivity contribution is 5.35. The number of rotatable bonds is 14. The summed E-state index contributed by atoms with van der Waals surface area (Å²) in [5.41, 5.74) is 1.37. The molecule has 0 saturated carbocycles. The van der Waals surface area contributed by atoms with Gasteiger partial charge in [0.15, 0.2) is 0 Å². The molecule has 0 amide bonds. The monoisotopic (exact) mass is 451 g/mol. The van der Waals surface area contributed by atoms with Crippen LogP contribution in [0.4, 0.5) is 0 Å². The zero-order valence-electron chi connectivity index (χ0n) is 21.0. The SMILES string of the molecule is CCCCCCCC(O)(c1ccc(OCCC)cc1)C(CN1CCCCC1)c1ccccc1. The topological polar surface area (TPSA) is 32.7 Å². The van der Waals surface area contributed by atoms with Crippen LogP contribution in [-0.4, -0.2) is 36.2 Å². The first-order chi connectivity index (χ1) is 16.2. The van der Waals surface area contributed by atoms with Crippen LogP contribution in [0.1, 0.15) is 95.1 Å². The van der Waals surface area contributed by atoms with Crippen molar-refractivity contribution in [2.45, 2.75) is 89.6 Å². The quantitative estimate of drug-likeness (QED) is 0.306. The van der Waals surface area contributed by atoms with Crippen LogP contribution in [0.15, 0.2) is 54.6 Å². The van der Waals surface area contributed by atoms with Gasteiger partial charge in [-0.2, -0.15) is 0 Å². The van der Waals surface area contributed by atoms with E-state index in [-0.39, 0.29) is 5.92 Å². The smallest absolute Gasteiger partial charge is 0.119 e. The molecule has 1 aliphatic rings. The van der Waals surface area contributed by atoms with E-state index in [4.69, 9.17) is 4.74 Å². The van der Waals surface area contributed by atoms with Crippen LogP contribution in [0.5, 0.6) is 5.75 Å². The van der Waals surface area contributed by atoms with Gasteiger partial charge in [-0.3, -0.25) is 0 Å². The Morgan fingerprint density at radius 1 is 0.848 bits per heavy atom. The van der Waals surface area contributed by atoms with Crippen LogP contribution >= 0.6 is 0 Å². The van der Waals surface area contributed by atoms with Gasteiger partial charge >= 0.3 is 0 Å². The first kappa shape index (κ1) is 25.8. The molecule has 0 aromatic heterocycles. The van der Waals surface area contributed by atoms with Gasteiger partial charge in [0.1, 0.15) is 5.75 Å². The van der Waals surface area contributed by atoms with Gasteiger partial charge in [-0.1, -0.05) is 94.8 Å². The third kappa shape index (κ3) is 7.58. The van der Waals surface area contributed by atoms with E-state index in [2.05, 4.69) is 61.2 Å². The zero-order chi connectivity index (χ0) is 23.4. The predicted molar refractivity (Wildman–Crippen MR) is 139 cm³/mol. The van der Waals surface area contributed by atoms with Crippen molar-refractivity contribution in [2.75, 3.05) is 26.2 Å². The average Bonchev–Trinajstić information content (AvgIpc) is 2.87. The second-order valence-electron chi connectivity index (χ2n) is 9.79. The van der Waals surface area contributed by atoms with Crippen LogP contribution in [0.25, 0.3) is 0 Å². The Hall–Kier alpha value is -1.84. The van der Waals surface area contributed by atoms with Gasteiger partial charge in [0, 0.05) is 12.5 Å². The molecular weight excluding hydrogens is 406 g/mol. The number of likely N-dealkylation sites (tertiary alicyclic amines) is 1. The second-order valence-corrected chi connectivity index (χ2v) is 9.79. The maximum absolute atomic E-state index is 12.5. The Morgan fingerprint density at radius 3 is 2.21 bits per heavy atom. The molecule has 0 radical (unpaired) electrons. The Balaban J connectivity index is 1.90. The van der Waals surface area contributed by atoms with Crippen LogP contribution in [-0.2, 0) is 5.60 Å². The molecule has 2 unspecified atom stereocenters. The van der Waals surface area contributed by atoms with Crippen molar-refractivity contribution in [3.8, 4) is 5.75 Å². The lowest BCUT2D eigenvalue weighted by Crippen LogP contribution is -2.42. The van der Waals surface area contributed by atoms with Crippen molar-refractivity contribution < 1.29 is 9.84 Å². The number of benzene rings is 2. The van der Waals surface area contributed by atoms with E-state index >= 15 is 0 Å². The van der Waals surface area contributed by atoms with E-state index in [1.165, 1.54) is 50.5 Å². The molecule has 2 aromatic rings. The number of unbranched alkanes of at least 4 members (excludes halogenated alkanes) is 4.